The van der Waals surface area contributed by atoms with Gasteiger partial charge in [-0.25, -0.2) is 0 Å². The van der Waals surface area contributed by atoms with E-state index < -0.39 is 42.5 Å². The fourth-order valence-electron chi connectivity index (χ4n) is 1.58. The van der Waals surface area contributed by atoms with Crippen LogP contribution in [0.15, 0.2) is 24.3 Å². The molecule has 0 atom stereocenters. The summed E-state index contributed by atoms with van der Waals surface area (Å²) < 4.78 is 74.6. The van der Waals surface area contributed by atoms with Crippen LogP contribution in [0.1, 0.15) is 15.9 Å². The number of carbonyl (C=O) groups is 1. The SMILES string of the molecule is O=C(c1cccc(C(F)(F)F)c1)N(CCCl)CC(F)(F)F. The number of benzene rings is 1. The van der Waals surface area contributed by atoms with E-state index in [2.05, 4.69) is 0 Å². The normalized spacial score (nSPS) is 12.3. The molecule has 2 nitrogen and oxygen atoms in total. The molecule has 0 aliphatic carbocycles. The molecule has 0 fully saturated rings. The summed E-state index contributed by atoms with van der Waals surface area (Å²) in [5.74, 6) is -1.42. The summed E-state index contributed by atoms with van der Waals surface area (Å²) in [5, 5.41) is 0. The van der Waals surface area contributed by atoms with Crippen LogP contribution < -0.4 is 0 Å². The quantitative estimate of drug-likeness (QED) is 0.603. The molecule has 1 aromatic carbocycles. The topological polar surface area (TPSA) is 20.3 Å². The first-order valence-corrected chi connectivity index (χ1v) is 6.17. The Hall–Kier alpha value is -1.44. The van der Waals surface area contributed by atoms with Crippen molar-refractivity contribution in [1.82, 2.24) is 4.90 Å². The van der Waals surface area contributed by atoms with E-state index in [1.54, 1.807) is 0 Å². The van der Waals surface area contributed by atoms with Crippen LogP contribution in [0.25, 0.3) is 0 Å². The lowest BCUT2D eigenvalue weighted by atomic mass is 10.1. The number of hydrogen-bond acceptors (Lipinski definition) is 1. The van der Waals surface area contributed by atoms with Gasteiger partial charge in [0, 0.05) is 18.0 Å². The first-order chi connectivity index (χ1) is 9.54. The second-order valence-corrected chi connectivity index (χ2v) is 4.49. The largest absolute Gasteiger partial charge is 0.416 e. The number of alkyl halides is 7. The third-order valence-corrected chi connectivity index (χ3v) is 2.62. The zero-order valence-electron chi connectivity index (χ0n) is 10.4. The van der Waals surface area contributed by atoms with Crippen molar-refractivity contribution in [3.05, 3.63) is 35.4 Å². The zero-order chi connectivity index (χ0) is 16.3. The lowest BCUT2D eigenvalue weighted by Crippen LogP contribution is -2.40. The molecule has 0 unspecified atom stereocenters. The van der Waals surface area contributed by atoms with E-state index in [0.717, 1.165) is 18.2 Å². The number of amides is 1. The lowest BCUT2D eigenvalue weighted by molar-refractivity contribution is -0.140. The molecule has 0 aliphatic rings. The molecule has 1 rings (SSSR count). The third-order valence-electron chi connectivity index (χ3n) is 2.45. The summed E-state index contributed by atoms with van der Waals surface area (Å²) >= 11 is 5.32. The molecule has 1 aromatic rings. The molecule has 0 bridgehead atoms. The predicted octanol–water partition coefficient (Wildman–Crippen LogP) is 3.95. The van der Waals surface area contributed by atoms with Gasteiger partial charge in [-0.3, -0.25) is 4.79 Å². The first kappa shape index (κ1) is 17.6. The Kier molecular flexibility index (Phi) is 5.49. The van der Waals surface area contributed by atoms with Gasteiger partial charge in [-0.15, -0.1) is 11.6 Å². The highest BCUT2D eigenvalue weighted by Crippen LogP contribution is 2.30. The summed E-state index contributed by atoms with van der Waals surface area (Å²) in [5.41, 5.74) is -1.58. The summed E-state index contributed by atoms with van der Waals surface area (Å²) in [4.78, 5) is 12.3. The first-order valence-electron chi connectivity index (χ1n) is 5.64. The van der Waals surface area contributed by atoms with E-state index in [1.165, 1.54) is 0 Å². The summed E-state index contributed by atoms with van der Waals surface area (Å²) in [6.07, 6.45) is -9.35. The highest BCUT2D eigenvalue weighted by molar-refractivity contribution is 6.18. The number of halogens is 7. The summed E-state index contributed by atoms with van der Waals surface area (Å²) in [7, 11) is 0. The fourth-order valence-corrected chi connectivity index (χ4v) is 1.79. The van der Waals surface area contributed by atoms with Crippen LogP contribution in [-0.4, -0.2) is 36.0 Å². The van der Waals surface area contributed by atoms with Gasteiger partial charge in [0.25, 0.3) is 5.91 Å². The van der Waals surface area contributed by atoms with Crippen molar-refractivity contribution in [1.29, 1.82) is 0 Å². The van der Waals surface area contributed by atoms with E-state index in [4.69, 9.17) is 11.6 Å². The predicted molar refractivity (Wildman–Crippen MR) is 64.1 cm³/mol. The maximum atomic E-state index is 12.5. The van der Waals surface area contributed by atoms with Crippen molar-refractivity contribution in [2.24, 2.45) is 0 Å². The van der Waals surface area contributed by atoms with Crippen molar-refractivity contribution in [2.45, 2.75) is 12.4 Å². The second kappa shape index (κ2) is 6.55. The van der Waals surface area contributed by atoms with Crippen LogP contribution in [0, 0.1) is 0 Å². The molecule has 21 heavy (non-hydrogen) atoms. The molecule has 0 saturated carbocycles. The van der Waals surface area contributed by atoms with Crippen molar-refractivity contribution < 1.29 is 31.1 Å². The van der Waals surface area contributed by atoms with Crippen LogP contribution in [0.5, 0.6) is 0 Å². The molecular formula is C12H10ClF6NO. The smallest absolute Gasteiger partial charge is 0.328 e. The maximum absolute atomic E-state index is 12.5. The van der Waals surface area contributed by atoms with Crippen LogP contribution in [-0.2, 0) is 6.18 Å². The van der Waals surface area contributed by atoms with E-state index >= 15 is 0 Å². The minimum absolute atomic E-state index is 0.263. The van der Waals surface area contributed by atoms with Gasteiger partial charge in [-0.05, 0) is 18.2 Å². The Morgan fingerprint density at radius 2 is 1.76 bits per heavy atom. The molecule has 0 spiro atoms. The molecule has 1 amide bonds. The second-order valence-electron chi connectivity index (χ2n) is 4.11. The average molecular weight is 334 g/mol. The summed E-state index contributed by atoms with van der Waals surface area (Å²) in [6.45, 7) is -2.00. The minimum atomic E-state index is -4.68. The Bertz CT molecular complexity index is 499. The Morgan fingerprint density at radius 1 is 1.14 bits per heavy atom. The molecule has 0 aromatic heterocycles. The number of hydrogen-bond donors (Lipinski definition) is 0. The lowest BCUT2D eigenvalue weighted by Gasteiger charge is -2.23. The zero-order valence-corrected chi connectivity index (χ0v) is 11.2. The fraction of sp³-hybridized carbons (Fsp3) is 0.417. The maximum Gasteiger partial charge on any atom is 0.416 e. The molecule has 0 heterocycles. The van der Waals surface area contributed by atoms with Crippen LogP contribution >= 0.6 is 11.6 Å². The van der Waals surface area contributed by atoms with E-state index in [0.29, 0.717) is 11.0 Å². The minimum Gasteiger partial charge on any atom is -0.328 e. The van der Waals surface area contributed by atoms with Gasteiger partial charge < -0.3 is 4.90 Å². The van der Waals surface area contributed by atoms with E-state index in [9.17, 15) is 31.1 Å². The molecular weight excluding hydrogens is 324 g/mol. The van der Waals surface area contributed by atoms with Gasteiger partial charge in [0.15, 0.2) is 0 Å². The highest BCUT2D eigenvalue weighted by Gasteiger charge is 2.34. The van der Waals surface area contributed by atoms with Gasteiger partial charge in [-0.1, -0.05) is 6.07 Å². The number of rotatable bonds is 4. The Labute approximate surface area is 121 Å². The van der Waals surface area contributed by atoms with Crippen LogP contribution in [0.4, 0.5) is 26.3 Å². The van der Waals surface area contributed by atoms with Crippen molar-refractivity contribution in [2.75, 3.05) is 19.0 Å². The van der Waals surface area contributed by atoms with Gasteiger partial charge >= 0.3 is 12.4 Å². The molecule has 118 valence electrons. The van der Waals surface area contributed by atoms with E-state index in [1.807, 2.05) is 0 Å². The Balaban J connectivity index is 3.04. The van der Waals surface area contributed by atoms with Gasteiger partial charge in [0.2, 0.25) is 0 Å². The Morgan fingerprint density at radius 3 is 2.24 bits per heavy atom. The standard InChI is InChI=1S/C12H10ClF6NO/c13-4-5-20(7-11(14,15)16)10(21)8-2-1-3-9(6-8)12(17,18)19/h1-3,6H,4-5,7H2. The third kappa shape index (κ3) is 5.45. The van der Waals surface area contributed by atoms with Crippen LogP contribution in [0.3, 0.4) is 0 Å². The highest BCUT2D eigenvalue weighted by atomic mass is 35.5. The van der Waals surface area contributed by atoms with Gasteiger partial charge in [0.1, 0.15) is 6.54 Å². The molecule has 0 N–H and O–H groups in total. The number of nitrogens with zero attached hydrogens (tertiary/aromatic N) is 1. The molecule has 0 saturated heterocycles. The van der Waals surface area contributed by atoms with Crippen molar-refractivity contribution in [3.8, 4) is 0 Å². The van der Waals surface area contributed by atoms with Crippen molar-refractivity contribution >= 4 is 17.5 Å². The van der Waals surface area contributed by atoms with Gasteiger partial charge in [-0.2, -0.15) is 26.3 Å². The monoisotopic (exact) mass is 333 g/mol. The summed E-state index contributed by atoms with van der Waals surface area (Å²) in [6, 6.07) is 3.23. The molecule has 0 aliphatic heterocycles. The number of carbonyl (C=O) groups excluding carboxylic acids is 1. The average Bonchev–Trinajstić information content (AvgIpc) is 2.35. The van der Waals surface area contributed by atoms with E-state index in [-0.39, 0.29) is 5.88 Å². The molecule has 9 heteroatoms. The van der Waals surface area contributed by atoms with Crippen LogP contribution in [0.2, 0.25) is 0 Å². The van der Waals surface area contributed by atoms with Crippen molar-refractivity contribution in [3.63, 3.8) is 0 Å². The molecule has 0 radical (unpaired) electrons. The van der Waals surface area contributed by atoms with Gasteiger partial charge in [0.05, 0.1) is 5.56 Å².